The van der Waals surface area contributed by atoms with E-state index in [2.05, 4.69) is 12.1 Å². The van der Waals surface area contributed by atoms with Crippen LogP contribution in [0, 0.1) is 30.2 Å². The van der Waals surface area contributed by atoms with Crippen molar-refractivity contribution in [1.29, 1.82) is 10.5 Å². The molecule has 5 heteroatoms. The van der Waals surface area contributed by atoms with E-state index >= 15 is 0 Å². The SMILES string of the molecule is N#Cc1ccc(-c2ccc([I+]c3ccc(-c4ccc(C#N)cc4)o3)o2)cc1. The van der Waals surface area contributed by atoms with Crippen LogP contribution in [0.15, 0.2) is 81.6 Å². The highest BCUT2D eigenvalue weighted by Crippen LogP contribution is 2.21. The summed E-state index contributed by atoms with van der Waals surface area (Å²) in [5.41, 5.74) is 3.15. The number of benzene rings is 2. The van der Waals surface area contributed by atoms with Gasteiger partial charge in [-0.3, -0.25) is 0 Å². The van der Waals surface area contributed by atoms with E-state index in [1.54, 1.807) is 24.3 Å². The molecular weight excluding hydrogens is 451 g/mol. The molecule has 0 N–H and O–H groups in total. The zero-order valence-corrected chi connectivity index (χ0v) is 16.2. The zero-order chi connectivity index (χ0) is 18.6. The van der Waals surface area contributed by atoms with E-state index in [-0.39, 0.29) is 0 Å². The van der Waals surface area contributed by atoms with Gasteiger partial charge < -0.3 is 8.83 Å². The lowest BCUT2D eigenvalue weighted by atomic mass is 10.1. The quantitative estimate of drug-likeness (QED) is 0.435. The Hall–Kier alpha value is -3.29. The lowest BCUT2D eigenvalue weighted by Gasteiger charge is -1.95. The molecule has 4 rings (SSSR count). The highest BCUT2D eigenvalue weighted by atomic mass is 127. The van der Waals surface area contributed by atoms with E-state index in [0.717, 1.165) is 30.2 Å². The summed E-state index contributed by atoms with van der Waals surface area (Å²) in [5.74, 6) is 1.57. The van der Waals surface area contributed by atoms with Crippen LogP contribution in [0.2, 0.25) is 0 Å². The molecule has 128 valence electrons. The summed E-state index contributed by atoms with van der Waals surface area (Å²) in [6.07, 6.45) is 0. The van der Waals surface area contributed by atoms with Gasteiger partial charge in [0.1, 0.15) is 11.5 Å². The summed E-state index contributed by atoms with van der Waals surface area (Å²) in [5, 5.41) is 17.8. The Labute approximate surface area is 166 Å². The molecule has 0 spiro atoms. The van der Waals surface area contributed by atoms with E-state index in [0.29, 0.717) is 11.1 Å². The smallest absolute Gasteiger partial charge is 0.418 e. The number of hydrogen-bond donors (Lipinski definition) is 0. The van der Waals surface area contributed by atoms with Crippen molar-refractivity contribution in [3.63, 3.8) is 0 Å². The van der Waals surface area contributed by atoms with Crippen molar-refractivity contribution < 1.29 is 30.0 Å². The summed E-state index contributed by atoms with van der Waals surface area (Å²) < 4.78 is 13.7. The molecule has 0 fully saturated rings. The van der Waals surface area contributed by atoms with Gasteiger partial charge in [-0.2, -0.15) is 10.5 Å². The average Bonchev–Trinajstić information content (AvgIpc) is 3.38. The molecule has 2 aromatic heterocycles. The van der Waals surface area contributed by atoms with Gasteiger partial charge in [-0.15, -0.1) is 0 Å². The average molecular weight is 463 g/mol. The van der Waals surface area contributed by atoms with Crippen LogP contribution < -0.4 is 21.2 Å². The molecule has 0 saturated heterocycles. The Kier molecular flexibility index (Phi) is 4.78. The van der Waals surface area contributed by atoms with Gasteiger partial charge in [0, 0.05) is 23.3 Å². The van der Waals surface area contributed by atoms with Crippen LogP contribution in [0.25, 0.3) is 22.6 Å². The van der Waals surface area contributed by atoms with Gasteiger partial charge in [0.2, 0.25) is 0 Å². The van der Waals surface area contributed by atoms with E-state index < -0.39 is 21.2 Å². The van der Waals surface area contributed by atoms with Gasteiger partial charge in [-0.05, 0) is 60.7 Å². The minimum absolute atomic E-state index is 0.571. The number of rotatable bonds is 4. The standard InChI is InChI=1S/C22H12IN2O2/c24-13-15-1-5-17(6-2-15)19-9-11-21(26-19)23-22-12-10-20(27-22)18-7-3-16(14-25)4-8-18/h1-12H/q+1. The largest absolute Gasteiger partial charge is 0.443 e. The summed E-state index contributed by atoms with van der Waals surface area (Å²) in [6.45, 7) is 0. The van der Waals surface area contributed by atoms with E-state index in [1.807, 2.05) is 48.5 Å². The van der Waals surface area contributed by atoms with Crippen molar-refractivity contribution in [3.8, 4) is 34.8 Å². The second-order valence-electron chi connectivity index (χ2n) is 5.68. The van der Waals surface area contributed by atoms with Gasteiger partial charge in [0.25, 0.3) is 0 Å². The molecule has 0 aliphatic rings. The minimum Gasteiger partial charge on any atom is -0.418 e. The van der Waals surface area contributed by atoms with Gasteiger partial charge in [-0.25, -0.2) is 0 Å². The lowest BCUT2D eigenvalue weighted by molar-refractivity contribution is -0.635. The van der Waals surface area contributed by atoms with Gasteiger partial charge in [0.15, 0.2) is 0 Å². The Morgan fingerprint density at radius 2 is 0.963 bits per heavy atom. The zero-order valence-electron chi connectivity index (χ0n) is 14.0. The predicted molar refractivity (Wildman–Crippen MR) is 95.1 cm³/mol. The number of furan rings is 2. The fourth-order valence-electron chi connectivity index (χ4n) is 2.55. The molecule has 0 unspecified atom stereocenters. The third-order valence-corrected chi connectivity index (χ3v) is 6.15. The van der Waals surface area contributed by atoms with Crippen molar-refractivity contribution in [1.82, 2.24) is 0 Å². The monoisotopic (exact) mass is 463 g/mol. The Balaban J connectivity index is 1.50. The Morgan fingerprint density at radius 3 is 1.33 bits per heavy atom. The molecule has 2 aromatic carbocycles. The van der Waals surface area contributed by atoms with Crippen molar-refractivity contribution in [2.75, 3.05) is 0 Å². The molecule has 4 nitrogen and oxygen atoms in total. The molecule has 0 amide bonds. The lowest BCUT2D eigenvalue weighted by Crippen LogP contribution is -3.61. The van der Waals surface area contributed by atoms with E-state index in [1.165, 1.54) is 0 Å². The molecule has 4 aromatic rings. The molecule has 0 radical (unpaired) electrons. The van der Waals surface area contributed by atoms with Crippen molar-refractivity contribution in [3.05, 3.63) is 91.5 Å². The third-order valence-electron chi connectivity index (χ3n) is 3.93. The summed E-state index contributed by atoms with van der Waals surface area (Å²) in [6, 6.07) is 26.7. The Bertz CT molecular complexity index is 1060. The van der Waals surface area contributed by atoms with Crippen LogP contribution in [0.5, 0.6) is 0 Å². The summed E-state index contributed by atoms with van der Waals surface area (Å²) in [4.78, 5) is 0. The van der Waals surface area contributed by atoms with Crippen LogP contribution in [0.4, 0.5) is 0 Å². The van der Waals surface area contributed by atoms with Crippen LogP contribution in [0.3, 0.4) is 0 Å². The molecule has 0 atom stereocenters. The van der Waals surface area contributed by atoms with Crippen LogP contribution in [-0.4, -0.2) is 0 Å². The van der Waals surface area contributed by atoms with Crippen LogP contribution in [-0.2, 0) is 0 Å². The Morgan fingerprint density at radius 1 is 0.556 bits per heavy atom. The molecular formula is C22H12IN2O2+. The topological polar surface area (TPSA) is 73.9 Å². The number of hydrogen-bond acceptors (Lipinski definition) is 4. The predicted octanol–water partition coefficient (Wildman–Crippen LogP) is 2.08. The molecule has 0 aliphatic heterocycles. The first kappa shape index (κ1) is 17.1. The molecule has 0 saturated carbocycles. The van der Waals surface area contributed by atoms with Crippen LogP contribution >= 0.6 is 0 Å². The first-order chi connectivity index (χ1) is 13.2. The third kappa shape index (κ3) is 3.79. The first-order valence-electron chi connectivity index (χ1n) is 8.11. The maximum absolute atomic E-state index is 8.88. The first-order valence-corrected chi connectivity index (χ1v) is 10.3. The summed E-state index contributed by atoms with van der Waals surface area (Å²) in [7, 11) is 0. The molecule has 0 bridgehead atoms. The second-order valence-corrected chi connectivity index (χ2v) is 8.35. The number of halogens is 1. The number of nitrogens with zero attached hydrogens (tertiary/aromatic N) is 2. The minimum atomic E-state index is -0.571. The van der Waals surface area contributed by atoms with E-state index in [9.17, 15) is 0 Å². The molecule has 27 heavy (non-hydrogen) atoms. The van der Waals surface area contributed by atoms with Crippen LogP contribution in [0.1, 0.15) is 11.1 Å². The second kappa shape index (κ2) is 7.53. The van der Waals surface area contributed by atoms with Gasteiger partial charge in [-0.1, -0.05) is 0 Å². The summed E-state index contributed by atoms with van der Waals surface area (Å²) >= 11 is -0.571. The number of nitriles is 2. The van der Waals surface area contributed by atoms with Crippen molar-refractivity contribution >= 4 is 0 Å². The maximum Gasteiger partial charge on any atom is 0.443 e. The van der Waals surface area contributed by atoms with Crippen molar-refractivity contribution in [2.24, 2.45) is 0 Å². The normalized spacial score (nSPS) is 10.3. The van der Waals surface area contributed by atoms with Gasteiger partial charge in [0.05, 0.1) is 23.3 Å². The highest BCUT2D eigenvalue weighted by Gasteiger charge is 2.25. The maximum atomic E-state index is 8.88. The fourth-order valence-corrected chi connectivity index (χ4v) is 4.49. The molecule has 2 heterocycles. The van der Waals surface area contributed by atoms with E-state index in [4.69, 9.17) is 19.4 Å². The highest BCUT2D eigenvalue weighted by molar-refractivity contribution is 5.59. The van der Waals surface area contributed by atoms with Gasteiger partial charge >= 0.3 is 28.7 Å². The molecule has 0 aliphatic carbocycles. The fraction of sp³-hybridized carbons (Fsp3) is 0. The van der Waals surface area contributed by atoms with Crippen molar-refractivity contribution in [2.45, 2.75) is 0 Å².